The molecule has 0 bridgehead atoms. The van der Waals surface area contributed by atoms with Crippen LogP contribution in [0.3, 0.4) is 0 Å². The predicted molar refractivity (Wildman–Crippen MR) is 63.2 cm³/mol. The first kappa shape index (κ1) is 12.0. The fraction of sp³-hybridized carbons (Fsp3) is 1.00. The molecule has 1 rings (SSSR count). The average molecular weight is 197 g/mol. The van der Waals surface area contributed by atoms with E-state index in [9.17, 15) is 0 Å². The molecule has 0 unspecified atom stereocenters. The summed E-state index contributed by atoms with van der Waals surface area (Å²) >= 11 is 0. The lowest BCUT2D eigenvalue weighted by molar-refractivity contribution is 0.136. The highest BCUT2D eigenvalue weighted by Gasteiger charge is 2.31. The molecule has 0 radical (unpaired) electrons. The Morgan fingerprint density at radius 2 is 1.71 bits per heavy atom. The van der Waals surface area contributed by atoms with Gasteiger partial charge in [0.2, 0.25) is 0 Å². The molecule has 0 aliphatic heterocycles. The molecular weight excluding hydrogens is 170 g/mol. The van der Waals surface area contributed by atoms with E-state index in [1.165, 1.54) is 38.5 Å². The number of rotatable bonds is 4. The van der Waals surface area contributed by atoms with Crippen LogP contribution < -0.4 is 5.73 Å². The van der Waals surface area contributed by atoms with Gasteiger partial charge in [0.1, 0.15) is 0 Å². The van der Waals surface area contributed by atoms with Crippen LogP contribution in [0.15, 0.2) is 0 Å². The van der Waals surface area contributed by atoms with Crippen molar-refractivity contribution in [3.8, 4) is 0 Å². The molecule has 1 aliphatic rings. The van der Waals surface area contributed by atoms with Crippen molar-refractivity contribution in [2.45, 2.75) is 59.3 Å². The molecule has 0 aromatic carbocycles. The number of nitrogens with two attached hydrogens (primary N) is 1. The second-order valence-corrected chi connectivity index (χ2v) is 5.70. The van der Waals surface area contributed by atoms with Crippen LogP contribution in [-0.4, -0.2) is 6.54 Å². The van der Waals surface area contributed by atoms with E-state index >= 15 is 0 Å². The maximum atomic E-state index is 5.83. The van der Waals surface area contributed by atoms with Gasteiger partial charge in [0.25, 0.3) is 0 Å². The van der Waals surface area contributed by atoms with Crippen molar-refractivity contribution in [1.82, 2.24) is 0 Å². The maximum absolute atomic E-state index is 5.83. The molecule has 0 amide bonds. The van der Waals surface area contributed by atoms with Crippen LogP contribution in [0.2, 0.25) is 0 Å². The van der Waals surface area contributed by atoms with Crippen molar-refractivity contribution in [2.24, 2.45) is 23.0 Å². The van der Waals surface area contributed by atoms with Crippen LogP contribution in [-0.2, 0) is 0 Å². The maximum Gasteiger partial charge on any atom is -0.00232 e. The first-order valence-corrected chi connectivity index (χ1v) is 6.30. The van der Waals surface area contributed by atoms with E-state index in [2.05, 4.69) is 20.8 Å². The molecule has 1 heteroatoms. The van der Waals surface area contributed by atoms with Crippen LogP contribution >= 0.6 is 0 Å². The van der Waals surface area contributed by atoms with Crippen molar-refractivity contribution in [2.75, 3.05) is 6.54 Å². The lowest BCUT2D eigenvalue weighted by Gasteiger charge is -2.38. The van der Waals surface area contributed by atoms with Gasteiger partial charge in [-0.3, -0.25) is 0 Å². The third kappa shape index (κ3) is 2.98. The van der Waals surface area contributed by atoms with Gasteiger partial charge >= 0.3 is 0 Å². The highest BCUT2D eigenvalue weighted by atomic mass is 14.6. The van der Waals surface area contributed by atoms with Crippen LogP contribution in [0.25, 0.3) is 0 Å². The standard InChI is InChI=1S/C13H27N/c1-4-5-11-6-8-12(9-7-11)13(2,3)10-14/h11-12H,4-10,14H2,1-3H3. The Bertz CT molecular complexity index is 155. The number of hydrogen-bond donors (Lipinski definition) is 1. The van der Waals surface area contributed by atoms with Crippen LogP contribution in [0.1, 0.15) is 59.3 Å². The molecule has 1 fully saturated rings. The lowest BCUT2D eigenvalue weighted by Crippen LogP contribution is -2.34. The second-order valence-electron chi connectivity index (χ2n) is 5.70. The highest BCUT2D eigenvalue weighted by Crippen LogP contribution is 2.40. The molecule has 1 aliphatic carbocycles. The molecule has 1 nitrogen and oxygen atoms in total. The SMILES string of the molecule is CCCC1CCC(C(C)(C)CN)CC1. The van der Waals surface area contributed by atoms with Gasteiger partial charge < -0.3 is 5.73 Å². The summed E-state index contributed by atoms with van der Waals surface area (Å²) < 4.78 is 0. The Morgan fingerprint density at radius 1 is 1.14 bits per heavy atom. The van der Waals surface area contributed by atoms with E-state index in [0.29, 0.717) is 5.41 Å². The summed E-state index contributed by atoms with van der Waals surface area (Å²) in [4.78, 5) is 0. The molecule has 1 saturated carbocycles. The highest BCUT2D eigenvalue weighted by molar-refractivity contribution is 4.83. The van der Waals surface area contributed by atoms with Crippen LogP contribution in [0.4, 0.5) is 0 Å². The second kappa shape index (κ2) is 5.16. The predicted octanol–water partition coefficient (Wildman–Crippen LogP) is 3.58. The minimum atomic E-state index is 0.372. The molecule has 0 spiro atoms. The first-order valence-electron chi connectivity index (χ1n) is 6.30. The summed E-state index contributed by atoms with van der Waals surface area (Å²) in [6, 6.07) is 0. The molecule has 0 aromatic heterocycles. The monoisotopic (exact) mass is 197 g/mol. The average Bonchev–Trinajstić information content (AvgIpc) is 2.19. The topological polar surface area (TPSA) is 26.0 Å². The molecular formula is C13H27N. The lowest BCUT2D eigenvalue weighted by atomic mass is 9.68. The van der Waals surface area contributed by atoms with Crippen molar-refractivity contribution in [3.63, 3.8) is 0 Å². The van der Waals surface area contributed by atoms with Crippen molar-refractivity contribution < 1.29 is 0 Å². The van der Waals surface area contributed by atoms with Gasteiger partial charge in [-0.2, -0.15) is 0 Å². The Hall–Kier alpha value is -0.0400. The van der Waals surface area contributed by atoms with E-state index in [4.69, 9.17) is 5.73 Å². The zero-order valence-corrected chi connectivity index (χ0v) is 10.2. The summed E-state index contributed by atoms with van der Waals surface area (Å²) in [5.41, 5.74) is 6.20. The third-order valence-corrected chi connectivity index (χ3v) is 4.17. The smallest absolute Gasteiger partial charge is 0.00232 e. The Morgan fingerprint density at radius 3 is 2.14 bits per heavy atom. The summed E-state index contributed by atoms with van der Waals surface area (Å²) in [6.07, 6.45) is 8.51. The van der Waals surface area contributed by atoms with E-state index in [0.717, 1.165) is 18.4 Å². The first-order chi connectivity index (χ1) is 6.60. The zero-order chi connectivity index (χ0) is 10.6. The van der Waals surface area contributed by atoms with E-state index in [1.54, 1.807) is 0 Å². The fourth-order valence-electron chi connectivity index (χ4n) is 2.81. The number of hydrogen-bond acceptors (Lipinski definition) is 1. The van der Waals surface area contributed by atoms with Gasteiger partial charge in [0, 0.05) is 0 Å². The van der Waals surface area contributed by atoms with Crippen molar-refractivity contribution in [1.29, 1.82) is 0 Å². The largest absolute Gasteiger partial charge is 0.330 e. The Labute approximate surface area is 89.5 Å². The van der Waals surface area contributed by atoms with E-state index < -0.39 is 0 Å². The minimum absolute atomic E-state index is 0.372. The summed E-state index contributed by atoms with van der Waals surface area (Å²) in [5.74, 6) is 1.89. The molecule has 0 saturated heterocycles. The summed E-state index contributed by atoms with van der Waals surface area (Å²) in [5, 5.41) is 0. The molecule has 0 heterocycles. The van der Waals surface area contributed by atoms with Gasteiger partial charge in [0.05, 0.1) is 0 Å². The minimum Gasteiger partial charge on any atom is -0.330 e. The van der Waals surface area contributed by atoms with Gasteiger partial charge in [-0.15, -0.1) is 0 Å². The van der Waals surface area contributed by atoms with Crippen molar-refractivity contribution in [3.05, 3.63) is 0 Å². The van der Waals surface area contributed by atoms with Crippen LogP contribution in [0, 0.1) is 17.3 Å². The van der Waals surface area contributed by atoms with E-state index in [1.807, 2.05) is 0 Å². The molecule has 84 valence electrons. The Balaban J connectivity index is 2.35. The van der Waals surface area contributed by atoms with Gasteiger partial charge in [-0.1, -0.05) is 46.5 Å². The van der Waals surface area contributed by atoms with Gasteiger partial charge in [-0.25, -0.2) is 0 Å². The van der Waals surface area contributed by atoms with Gasteiger partial charge in [0.15, 0.2) is 0 Å². The van der Waals surface area contributed by atoms with Crippen molar-refractivity contribution >= 4 is 0 Å². The van der Waals surface area contributed by atoms with Crippen LogP contribution in [0.5, 0.6) is 0 Å². The summed E-state index contributed by atoms with van der Waals surface area (Å²) in [7, 11) is 0. The fourth-order valence-corrected chi connectivity index (χ4v) is 2.81. The molecule has 0 aromatic rings. The third-order valence-electron chi connectivity index (χ3n) is 4.17. The zero-order valence-electron chi connectivity index (χ0n) is 10.2. The normalized spacial score (nSPS) is 29.1. The summed E-state index contributed by atoms with van der Waals surface area (Å²) in [6.45, 7) is 7.81. The molecule has 0 atom stereocenters. The Kier molecular flexibility index (Phi) is 4.43. The quantitative estimate of drug-likeness (QED) is 0.732. The molecule has 2 N–H and O–H groups in total. The molecule has 14 heavy (non-hydrogen) atoms. The van der Waals surface area contributed by atoms with E-state index in [-0.39, 0.29) is 0 Å². The van der Waals surface area contributed by atoms with Gasteiger partial charge in [-0.05, 0) is 36.6 Å².